The average Bonchev–Trinajstić information content (AvgIpc) is 3.25. The summed E-state index contributed by atoms with van der Waals surface area (Å²) in [6.07, 6.45) is 0. The molecule has 2 heterocycles. The fourth-order valence-electron chi connectivity index (χ4n) is 2.39. The van der Waals surface area contributed by atoms with E-state index in [9.17, 15) is 0 Å². The zero-order valence-corrected chi connectivity index (χ0v) is 19.6. The van der Waals surface area contributed by atoms with Gasteiger partial charge in [-0.25, -0.2) is 15.0 Å². The second kappa shape index (κ2) is 10.7. The van der Waals surface area contributed by atoms with Crippen LogP contribution in [0.25, 0.3) is 11.3 Å². The Labute approximate surface area is 185 Å². The molecule has 0 bridgehead atoms. The summed E-state index contributed by atoms with van der Waals surface area (Å²) in [5.74, 6) is 0.787. The van der Waals surface area contributed by atoms with Crippen molar-refractivity contribution in [3.05, 3.63) is 56.3 Å². The van der Waals surface area contributed by atoms with Crippen LogP contribution in [0.1, 0.15) is 27.5 Å². The molecule has 144 valence electrons. The van der Waals surface area contributed by atoms with E-state index in [1.165, 1.54) is 4.88 Å². The van der Waals surface area contributed by atoms with Crippen molar-refractivity contribution < 1.29 is 0 Å². The molecular weight excluding hydrogens is 489 g/mol. The molecule has 0 unspecified atom stereocenters. The Morgan fingerprint density at radius 3 is 2.52 bits per heavy atom. The van der Waals surface area contributed by atoms with Crippen LogP contribution in [0.4, 0.5) is 0 Å². The van der Waals surface area contributed by atoms with E-state index in [0.29, 0.717) is 13.1 Å². The van der Waals surface area contributed by atoms with Gasteiger partial charge in [0.15, 0.2) is 5.96 Å². The Hall–Kier alpha value is -1.52. The number of benzene rings is 1. The number of aryl methyl sites for hydroxylation is 2. The smallest absolute Gasteiger partial charge is 0.192 e. The Kier molecular flexibility index (Phi) is 8.65. The van der Waals surface area contributed by atoms with E-state index in [2.05, 4.69) is 52.0 Å². The van der Waals surface area contributed by atoms with Gasteiger partial charge in [-0.1, -0.05) is 30.3 Å². The third kappa shape index (κ3) is 6.25. The Balaban J connectivity index is 0.00000261. The molecule has 0 saturated carbocycles. The molecule has 0 amide bonds. The van der Waals surface area contributed by atoms with Gasteiger partial charge in [-0.05, 0) is 20.8 Å². The van der Waals surface area contributed by atoms with Crippen molar-refractivity contribution in [2.75, 3.05) is 6.54 Å². The van der Waals surface area contributed by atoms with E-state index >= 15 is 0 Å². The van der Waals surface area contributed by atoms with Crippen molar-refractivity contribution in [3.8, 4) is 11.3 Å². The summed E-state index contributed by atoms with van der Waals surface area (Å²) in [6, 6.07) is 10.2. The van der Waals surface area contributed by atoms with Crippen molar-refractivity contribution in [2.24, 2.45) is 4.99 Å². The molecule has 3 rings (SSSR count). The maximum Gasteiger partial charge on any atom is 0.192 e. The third-order valence-electron chi connectivity index (χ3n) is 3.82. The summed E-state index contributed by atoms with van der Waals surface area (Å²) in [7, 11) is 0. The summed E-state index contributed by atoms with van der Waals surface area (Å²) in [5, 5.41) is 10.8. The number of guanidine groups is 1. The molecule has 0 saturated heterocycles. The fraction of sp³-hybridized carbons (Fsp3) is 0.316. The molecule has 1 aromatic carbocycles. The van der Waals surface area contributed by atoms with Crippen LogP contribution in [-0.2, 0) is 13.1 Å². The van der Waals surface area contributed by atoms with Crippen LogP contribution in [0.2, 0.25) is 0 Å². The number of halogens is 1. The summed E-state index contributed by atoms with van der Waals surface area (Å²) in [5.41, 5.74) is 3.25. The molecule has 0 aliphatic rings. The average molecular weight is 513 g/mol. The number of hydrogen-bond donors (Lipinski definition) is 2. The van der Waals surface area contributed by atoms with Crippen LogP contribution in [0, 0.1) is 13.8 Å². The largest absolute Gasteiger partial charge is 0.357 e. The molecule has 5 nitrogen and oxygen atoms in total. The lowest BCUT2D eigenvalue weighted by molar-refractivity contribution is 0.810. The minimum atomic E-state index is 0. The van der Waals surface area contributed by atoms with Gasteiger partial charge < -0.3 is 10.6 Å². The molecule has 8 heteroatoms. The highest BCUT2D eigenvalue weighted by Crippen LogP contribution is 2.21. The zero-order chi connectivity index (χ0) is 18.4. The van der Waals surface area contributed by atoms with Crippen LogP contribution >= 0.6 is 46.7 Å². The second-order valence-corrected chi connectivity index (χ2v) is 8.02. The van der Waals surface area contributed by atoms with Gasteiger partial charge in [0.25, 0.3) is 0 Å². The van der Waals surface area contributed by atoms with Crippen molar-refractivity contribution in [2.45, 2.75) is 33.9 Å². The predicted octanol–water partition coefficient (Wildman–Crippen LogP) is 4.76. The molecule has 0 spiro atoms. The topological polar surface area (TPSA) is 62.2 Å². The van der Waals surface area contributed by atoms with Gasteiger partial charge >= 0.3 is 0 Å². The summed E-state index contributed by atoms with van der Waals surface area (Å²) >= 11 is 3.36. The van der Waals surface area contributed by atoms with Crippen LogP contribution < -0.4 is 10.6 Å². The van der Waals surface area contributed by atoms with Gasteiger partial charge in [0.2, 0.25) is 0 Å². The number of aliphatic imine (C=N–C) groups is 1. The van der Waals surface area contributed by atoms with Crippen molar-refractivity contribution in [1.82, 2.24) is 20.6 Å². The zero-order valence-electron chi connectivity index (χ0n) is 15.7. The summed E-state index contributed by atoms with van der Waals surface area (Å²) in [4.78, 5) is 15.1. The van der Waals surface area contributed by atoms with Crippen LogP contribution in [0.15, 0.2) is 40.7 Å². The monoisotopic (exact) mass is 513 g/mol. The Bertz CT molecular complexity index is 854. The van der Waals surface area contributed by atoms with E-state index in [-0.39, 0.29) is 24.0 Å². The first-order valence-electron chi connectivity index (χ1n) is 8.60. The van der Waals surface area contributed by atoms with E-state index in [1.807, 2.05) is 25.1 Å². The first kappa shape index (κ1) is 21.8. The van der Waals surface area contributed by atoms with Crippen LogP contribution in [0.3, 0.4) is 0 Å². The number of nitrogens with zero attached hydrogens (tertiary/aromatic N) is 3. The molecule has 0 aliphatic carbocycles. The molecule has 27 heavy (non-hydrogen) atoms. The van der Waals surface area contributed by atoms with Gasteiger partial charge in [0.05, 0.1) is 24.5 Å². The SMILES string of the molecule is CCNC(=NCc1nc(C)c(C)s1)NCc1nc(-c2ccccc2)cs1.I. The predicted molar refractivity (Wildman–Crippen MR) is 126 cm³/mol. The number of aromatic nitrogens is 2. The normalized spacial score (nSPS) is 11.1. The maximum absolute atomic E-state index is 4.71. The van der Waals surface area contributed by atoms with Crippen LogP contribution in [-0.4, -0.2) is 22.5 Å². The standard InChI is InChI=1S/C19H23N5S2.HI/c1-4-20-19(22-11-18-23-13(2)14(3)26-18)21-10-17-24-16(12-25-17)15-8-6-5-7-9-15;/h5-9,12H,4,10-11H2,1-3H3,(H2,20,21,22);1H. The molecule has 0 aliphatic heterocycles. The first-order chi connectivity index (χ1) is 12.7. The number of thiazole rings is 2. The highest BCUT2D eigenvalue weighted by Gasteiger charge is 2.06. The van der Waals surface area contributed by atoms with E-state index in [1.54, 1.807) is 22.7 Å². The lowest BCUT2D eigenvalue weighted by Crippen LogP contribution is -2.36. The van der Waals surface area contributed by atoms with E-state index in [0.717, 1.165) is 39.5 Å². The van der Waals surface area contributed by atoms with Gasteiger partial charge in [-0.15, -0.1) is 46.7 Å². The minimum Gasteiger partial charge on any atom is -0.357 e. The number of nitrogens with one attached hydrogen (secondary N) is 2. The Morgan fingerprint density at radius 1 is 1.07 bits per heavy atom. The summed E-state index contributed by atoms with van der Waals surface area (Å²) < 4.78 is 0. The van der Waals surface area contributed by atoms with Crippen molar-refractivity contribution in [3.63, 3.8) is 0 Å². The highest BCUT2D eigenvalue weighted by atomic mass is 127. The van der Waals surface area contributed by atoms with Gasteiger partial charge in [0, 0.05) is 22.4 Å². The van der Waals surface area contributed by atoms with Gasteiger partial charge in [0.1, 0.15) is 10.0 Å². The van der Waals surface area contributed by atoms with Crippen molar-refractivity contribution in [1.29, 1.82) is 0 Å². The quantitative estimate of drug-likeness (QED) is 0.284. The Morgan fingerprint density at radius 2 is 1.85 bits per heavy atom. The fourth-order valence-corrected chi connectivity index (χ4v) is 3.99. The van der Waals surface area contributed by atoms with E-state index in [4.69, 9.17) is 4.98 Å². The minimum absolute atomic E-state index is 0. The van der Waals surface area contributed by atoms with Gasteiger partial charge in [-0.2, -0.15) is 0 Å². The van der Waals surface area contributed by atoms with Gasteiger partial charge in [-0.3, -0.25) is 0 Å². The molecule has 3 aromatic rings. The molecule has 0 atom stereocenters. The highest BCUT2D eigenvalue weighted by molar-refractivity contribution is 14.0. The van der Waals surface area contributed by atoms with E-state index < -0.39 is 0 Å². The molecule has 2 aromatic heterocycles. The van der Waals surface area contributed by atoms with Crippen LogP contribution in [0.5, 0.6) is 0 Å². The number of hydrogen-bond acceptors (Lipinski definition) is 5. The molecular formula is C19H24IN5S2. The second-order valence-electron chi connectivity index (χ2n) is 5.79. The first-order valence-corrected chi connectivity index (χ1v) is 10.3. The maximum atomic E-state index is 4.71. The molecule has 0 fully saturated rings. The lowest BCUT2D eigenvalue weighted by atomic mass is 10.2. The summed E-state index contributed by atoms with van der Waals surface area (Å²) in [6.45, 7) is 8.24. The molecule has 2 N–H and O–H groups in total. The third-order valence-corrected chi connectivity index (χ3v) is 5.72. The van der Waals surface area contributed by atoms with Crippen molar-refractivity contribution >= 4 is 52.6 Å². The number of rotatable bonds is 6. The lowest BCUT2D eigenvalue weighted by Gasteiger charge is -2.09. The molecule has 0 radical (unpaired) electrons.